The fraction of sp³-hybridized carbons (Fsp3) is 0.227. The molecule has 0 unspecified atom stereocenters. The number of nitrogens with zero attached hydrogens (tertiary/aromatic N) is 2. The highest BCUT2D eigenvalue weighted by Gasteiger charge is 2.16. The summed E-state index contributed by atoms with van der Waals surface area (Å²) in [6.07, 6.45) is 11.0. The Morgan fingerprint density at radius 2 is 2.12 bits per heavy atom. The molecule has 4 rings (SSSR count). The smallest absolute Gasteiger partial charge is 0.142 e. The number of thiazole rings is 1. The molecule has 0 saturated carbocycles. The molecule has 0 amide bonds. The number of allylic oxidation sites excluding steroid dienone is 2. The third-order valence-electron chi connectivity index (χ3n) is 4.36. The van der Waals surface area contributed by atoms with Crippen LogP contribution in [-0.2, 0) is 6.42 Å². The summed E-state index contributed by atoms with van der Waals surface area (Å²) < 4.78 is 0. The average molecular weight is 359 g/mol. The normalized spacial score (nSPS) is 12.6. The molecule has 3 nitrogen and oxygen atoms in total. The minimum Gasteiger partial charge on any atom is -0.360 e. The molecule has 3 aromatic rings. The number of hydrogen-bond donors (Lipinski definition) is 1. The van der Waals surface area contributed by atoms with Crippen LogP contribution in [0, 0.1) is 12.8 Å². The van der Waals surface area contributed by atoms with E-state index in [9.17, 15) is 0 Å². The lowest BCUT2D eigenvalue weighted by molar-refractivity contribution is 0.646. The fourth-order valence-electron chi connectivity index (χ4n) is 3.17. The third kappa shape index (κ3) is 3.22. The summed E-state index contributed by atoms with van der Waals surface area (Å²) >= 11 is 1.66. The summed E-state index contributed by atoms with van der Waals surface area (Å²) in [4.78, 5) is 13.0. The van der Waals surface area contributed by atoms with Crippen LogP contribution in [-0.4, -0.2) is 15.0 Å². The molecule has 26 heavy (non-hydrogen) atoms. The van der Waals surface area contributed by atoms with Crippen LogP contribution < -0.4 is 0 Å². The van der Waals surface area contributed by atoms with Crippen molar-refractivity contribution in [3.05, 3.63) is 64.1 Å². The summed E-state index contributed by atoms with van der Waals surface area (Å²) in [5, 5.41) is 3.11. The number of aromatic nitrogens is 3. The van der Waals surface area contributed by atoms with E-state index in [1.165, 1.54) is 5.56 Å². The molecule has 3 aromatic heterocycles. The molecule has 0 bridgehead atoms. The van der Waals surface area contributed by atoms with Gasteiger partial charge in [0.2, 0.25) is 0 Å². The van der Waals surface area contributed by atoms with Gasteiger partial charge in [0.1, 0.15) is 10.7 Å². The van der Waals surface area contributed by atoms with E-state index < -0.39 is 0 Å². The summed E-state index contributed by atoms with van der Waals surface area (Å²) in [5.74, 6) is 0.586. The second kappa shape index (κ2) is 6.91. The van der Waals surface area contributed by atoms with E-state index >= 15 is 0 Å². The Labute approximate surface area is 157 Å². The lowest BCUT2D eigenvalue weighted by Gasteiger charge is -2.09. The Kier molecular flexibility index (Phi) is 4.46. The van der Waals surface area contributed by atoms with Crippen LogP contribution >= 0.6 is 11.3 Å². The third-order valence-corrected chi connectivity index (χ3v) is 5.21. The van der Waals surface area contributed by atoms with Crippen LogP contribution in [0.15, 0.2) is 41.6 Å². The molecule has 0 aliphatic heterocycles. The average Bonchev–Trinajstić information content (AvgIpc) is 3.17. The Morgan fingerprint density at radius 3 is 2.96 bits per heavy atom. The zero-order valence-corrected chi connectivity index (χ0v) is 16.0. The summed E-state index contributed by atoms with van der Waals surface area (Å²) in [5.41, 5.74) is 10.8. The van der Waals surface area contributed by atoms with Gasteiger partial charge in [-0.05, 0) is 37.0 Å². The topological polar surface area (TPSA) is 41.6 Å². The molecular formula is C22H21N3S. The van der Waals surface area contributed by atoms with E-state index in [-0.39, 0.29) is 0 Å². The molecular weight excluding hydrogens is 338 g/mol. The molecule has 130 valence electrons. The minimum absolute atomic E-state index is 0.586. The SMILES string of the molecule is Cc1ccc(CC(C)C)c(-c2nc(-c3c[nH]c4c3C=CC=C=C4)cs2)n1. The molecule has 3 heterocycles. The standard InChI is InChI=1S/C22H21N3S/c1-14(2)11-16-10-9-15(3)24-21(16)22-25-20(13-26-22)18-12-23-19-8-6-4-5-7-17(18)19/h4-5,7-10,12-14,23H,11H2,1-3H3. The van der Waals surface area contributed by atoms with Crippen molar-refractivity contribution in [3.8, 4) is 22.0 Å². The largest absolute Gasteiger partial charge is 0.360 e. The van der Waals surface area contributed by atoms with Gasteiger partial charge in [0.05, 0.1) is 11.4 Å². The maximum Gasteiger partial charge on any atom is 0.142 e. The first-order chi connectivity index (χ1) is 12.6. The van der Waals surface area contributed by atoms with Crippen molar-refractivity contribution in [2.75, 3.05) is 0 Å². The van der Waals surface area contributed by atoms with Gasteiger partial charge < -0.3 is 4.98 Å². The Balaban J connectivity index is 1.76. The first kappa shape index (κ1) is 16.8. The van der Waals surface area contributed by atoms with Crippen LogP contribution in [0.2, 0.25) is 0 Å². The summed E-state index contributed by atoms with van der Waals surface area (Å²) in [7, 11) is 0. The highest BCUT2D eigenvalue weighted by atomic mass is 32.1. The molecule has 0 fully saturated rings. The van der Waals surface area contributed by atoms with Gasteiger partial charge in [0.15, 0.2) is 0 Å². The first-order valence-electron chi connectivity index (χ1n) is 8.85. The monoisotopic (exact) mass is 359 g/mol. The Bertz CT molecular complexity index is 1040. The molecule has 0 radical (unpaired) electrons. The van der Waals surface area contributed by atoms with E-state index in [1.54, 1.807) is 11.3 Å². The second-order valence-electron chi connectivity index (χ2n) is 6.96. The zero-order chi connectivity index (χ0) is 18.1. The van der Waals surface area contributed by atoms with Crippen molar-refractivity contribution in [1.29, 1.82) is 0 Å². The van der Waals surface area contributed by atoms with Crippen LogP contribution in [0.25, 0.3) is 34.1 Å². The van der Waals surface area contributed by atoms with Crippen molar-refractivity contribution in [3.63, 3.8) is 0 Å². The molecule has 4 heteroatoms. The second-order valence-corrected chi connectivity index (χ2v) is 7.82. The van der Waals surface area contributed by atoms with Gasteiger partial charge in [0, 0.05) is 34.5 Å². The fourth-order valence-corrected chi connectivity index (χ4v) is 4.02. The molecule has 0 saturated heterocycles. The van der Waals surface area contributed by atoms with Crippen LogP contribution in [0.3, 0.4) is 0 Å². The number of hydrogen-bond acceptors (Lipinski definition) is 3. The van der Waals surface area contributed by atoms with Crippen molar-refractivity contribution >= 4 is 23.5 Å². The van der Waals surface area contributed by atoms with E-state index in [1.807, 2.05) is 31.3 Å². The van der Waals surface area contributed by atoms with Crippen LogP contribution in [0.1, 0.15) is 36.4 Å². The highest BCUT2D eigenvalue weighted by Crippen LogP contribution is 2.34. The molecule has 1 N–H and O–H groups in total. The van der Waals surface area contributed by atoms with Crippen LogP contribution in [0.5, 0.6) is 0 Å². The van der Waals surface area contributed by atoms with E-state index in [0.29, 0.717) is 5.92 Å². The maximum absolute atomic E-state index is 4.93. The summed E-state index contributed by atoms with van der Waals surface area (Å²) in [6.45, 7) is 6.51. The number of pyridine rings is 1. The molecule has 1 aliphatic carbocycles. The zero-order valence-electron chi connectivity index (χ0n) is 15.2. The lowest BCUT2D eigenvalue weighted by Crippen LogP contribution is -2.00. The van der Waals surface area contributed by atoms with Crippen molar-refractivity contribution in [2.45, 2.75) is 27.2 Å². The first-order valence-corrected chi connectivity index (χ1v) is 9.73. The highest BCUT2D eigenvalue weighted by molar-refractivity contribution is 7.13. The molecule has 0 spiro atoms. The predicted octanol–water partition coefficient (Wildman–Crippen LogP) is 5.90. The van der Waals surface area contributed by atoms with E-state index in [0.717, 1.165) is 45.3 Å². The van der Waals surface area contributed by atoms with Crippen molar-refractivity contribution < 1.29 is 0 Å². The Hall–Kier alpha value is -2.68. The summed E-state index contributed by atoms with van der Waals surface area (Å²) in [6, 6.07) is 4.28. The number of aryl methyl sites for hydroxylation is 1. The number of rotatable bonds is 4. The van der Waals surface area contributed by atoms with Gasteiger partial charge in [-0.15, -0.1) is 17.1 Å². The molecule has 0 aromatic carbocycles. The Morgan fingerprint density at radius 1 is 1.23 bits per heavy atom. The van der Waals surface area contributed by atoms with Gasteiger partial charge in [0.25, 0.3) is 0 Å². The van der Waals surface area contributed by atoms with Gasteiger partial charge in [-0.25, -0.2) is 4.98 Å². The van der Waals surface area contributed by atoms with E-state index in [2.05, 4.69) is 48.2 Å². The number of fused-ring (bicyclic) bond motifs is 1. The van der Waals surface area contributed by atoms with Gasteiger partial charge in [-0.1, -0.05) is 32.1 Å². The van der Waals surface area contributed by atoms with Gasteiger partial charge in [-0.3, -0.25) is 4.98 Å². The van der Waals surface area contributed by atoms with Crippen molar-refractivity contribution in [2.24, 2.45) is 5.92 Å². The van der Waals surface area contributed by atoms with Crippen molar-refractivity contribution in [1.82, 2.24) is 15.0 Å². The molecule has 0 atom stereocenters. The number of aromatic amines is 1. The number of H-pyrrole nitrogens is 1. The lowest BCUT2D eigenvalue weighted by atomic mass is 10.0. The van der Waals surface area contributed by atoms with Crippen LogP contribution in [0.4, 0.5) is 0 Å². The predicted molar refractivity (Wildman–Crippen MR) is 110 cm³/mol. The minimum atomic E-state index is 0.586. The van der Waals surface area contributed by atoms with Gasteiger partial charge >= 0.3 is 0 Å². The quantitative estimate of drug-likeness (QED) is 0.589. The van der Waals surface area contributed by atoms with Gasteiger partial charge in [-0.2, -0.15) is 0 Å². The maximum atomic E-state index is 4.93. The molecule has 1 aliphatic rings. The number of nitrogens with one attached hydrogen (secondary N) is 1. The van der Waals surface area contributed by atoms with E-state index in [4.69, 9.17) is 9.97 Å².